The van der Waals surface area contributed by atoms with E-state index in [4.69, 9.17) is 8.83 Å². The zero-order valence-corrected chi connectivity index (χ0v) is 15.6. The molecule has 8 heteroatoms. The first-order valence-corrected chi connectivity index (χ1v) is 9.56. The molecule has 5 rings (SSSR count). The molecule has 0 spiro atoms. The molecule has 0 unspecified atom stereocenters. The lowest BCUT2D eigenvalue weighted by atomic mass is 10.1. The molecule has 0 radical (unpaired) electrons. The maximum atomic E-state index is 12.8. The Bertz CT molecular complexity index is 1360. The van der Waals surface area contributed by atoms with Gasteiger partial charge in [-0.2, -0.15) is 0 Å². The Labute approximate surface area is 163 Å². The van der Waals surface area contributed by atoms with Crippen LogP contribution in [0.2, 0.25) is 0 Å². The summed E-state index contributed by atoms with van der Waals surface area (Å²) in [6.07, 6.45) is 1.55. The molecule has 0 aliphatic heterocycles. The Morgan fingerprint density at radius 2 is 1.89 bits per heavy atom. The predicted molar refractivity (Wildman–Crippen MR) is 106 cm³/mol. The second-order valence-electron chi connectivity index (χ2n) is 6.24. The minimum absolute atomic E-state index is 0.0833. The average molecular weight is 390 g/mol. The first-order valence-electron chi connectivity index (χ1n) is 8.57. The van der Waals surface area contributed by atoms with Gasteiger partial charge in [0.05, 0.1) is 22.9 Å². The number of hydrogen-bond acceptors (Lipinski definition) is 7. The van der Waals surface area contributed by atoms with E-state index in [-0.39, 0.29) is 5.56 Å². The van der Waals surface area contributed by atoms with Crippen LogP contribution in [0.25, 0.3) is 33.3 Å². The summed E-state index contributed by atoms with van der Waals surface area (Å²) in [5, 5.41) is 11.3. The van der Waals surface area contributed by atoms with Crippen LogP contribution in [0.15, 0.2) is 73.6 Å². The van der Waals surface area contributed by atoms with Crippen molar-refractivity contribution in [1.29, 1.82) is 0 Å². The van der Waals surface area contributed by atoms with Crippen LogP contribution in [0, 0.1) is 0 Å². The van der Waals surface area contributed by atoms with Crippen molar-refractivity contribution in [3.8, 4) is 11.7 Å². The molecule has 138 valence electrons. The van der Waals surface area contributed by atoms with E-state index in [1.54, 1.807) is 30.0 Å². The SMILES string of the molecule is Cn1c(SCc2nnc(-c3ccco3)o2)nc2cc3ccccc3cc2c1=O. The Morgan fingerprint density at radius 3 is 2.68 bits per heavy atom. The highest BCUT2D eigenvalue weighted by Crippen LogP contribution is 2.25. The third-order valence-electron chi connectivity index (χ3n) is 4.43. The van der Waals surface area contributed by atoms with Gasteiger partial charge in [0.25, 0.3) is 11.4 Å². The van der Waals surface area contributed by atoms with E-state index in [1.165, 1.54) is 11.8 Å². The van der Waals surface area contributed by atoms with Crippen molar-refractivity contribution >= 4 is 33.4 Å². The van der Waals surface area contributed by atoms with E-state index in [2.05, 4.69) is 15.2 Å². The Balaban J connectivity index is 1.48. The summed E-state index contributed by atoms with van der Waals surface area (Å²) in [4.78, 5) is 17.5. The van der Waals surface area contributed by atoms with Gasteiger partial charge in [-0.25, -0.2) is 4.98 Å². The summed E-state index contributed by atoms with van der Waals surface area (Å²) in [7, 11) is 1.72. The molecule has 0 saturated carbocycles. The largest absolute Gasteiger partial charge is 0.459 e. The third kappa shape index (κ3) is 2.87. The summed E-state index contributed by atoms with van der Waals surface area (Å²) < 4.78 is 12.4. The highest BCUT2D eigenvalue weighted by Gasteiger charge is 2.14. The van der Waals surface area contributed by atoms with E-state index >= 15 is 0 Å². The molecule has 0 amide bonds. The number of furan rings is 1. The van der Waals surface area contributed by atoms with E-state index < -0.39 is 0 Å². The number of thioether (sulfide) groups is 1. The predicted octanol–water partition coefficient (Wildman–Crippen LogP) is 4.02. The first kappa shape index (κ1) is 16.8. The number of hydrogen-bond donors (Lipinski definition) is 0. The minimum atomic E-state index is -0.0833. The summed E-state index contributed by atoms with van der Waals surface area (Å²) >= 11 is 1.37. The summed E-state index contributed by atoms with van der Waals surface area (Å²) in [5.74, 6) is 1.68. The molecule has 0 aliphatic rings. The van der Waals surface area contributed by atoms with Crippen molar-refractivity contribution in [2.24, 2.45) is 7.05 Å². The van der Waals surface area contributed by atoms with Gasteiger partial charge in [0.2, 0.25) is 5.89 Å². The number of fused-ring (bicyclic) bond motifs is 2. The first-order chi connectivity index (χ1) is 13.7. The molecule has 3 heterocycles. The number of rotatable bonds is 4. The van der Waals surface area contributed by atoms with Gasteiger partial charge in [0.1, 0.15) is 0 Å². The Kier molecular flexibility index (Phi) is 3.98. The summed E-state index contributed by atoms with van der Waals surface area (Å²) in [5.41, 5.74) is 0.589. The molecule has 0 aliphatic carbocycles. The van der Waals surface area contributed by atoms with Gasteiger partial charge in [-0.15, -0.1) is 10.2 Å². The molecule has 0 fully saturated rings. The van der Waals surface area contributed by atoms with Crippen molar-refractivity contribution in [3.05, 3.63) is 71.0 Å². The topological polar surface area (TPSA) is 86.9 Å². The fourth-order valence-electron chi connectivity index (χ4n) is 3.00. The molecular formula is C20H14N4O3S. The monoisotopic (exact) mass is 390 g/mol. The molecule has 28 heavy (non-hydrogen) atoms. The van der Waals surface area contributed by atoms with E-state index in [0.29, 0.717) is 39.4 Å². The lowest BCUT2D eigenvalue weighted by molar-refractivity contribution is 0.494. The van der Waals surface area contributed by atoms with Crippen molar-refractivity contribution in [2.45, 2.75) is 10.9 Å². The van der Waals surface area contributed by atoms with E-state index in [9.17, 15) is 4.79 Å². The number of aromatic nitrogens is 4. The molecule has 7 nitrogen and oxygen atoms in total. The van der Waals surface area contributed by atoms with Crippen molar-refractivity contribution in [2.75, 3.05) is 0 Å². The Morgan fingerprint density at radius 1 is 1.07 bits per heavy atom. The van der Waals surface area contributed by atoms with Gasteiger partial charge in [-0.1, -0.05) is 36.0 Å². The number of nitrogens with zero attached hydrogens (tertiary/aromatic N) is 4. The van der Waals surface area contributed by atoms with Crippen molar-refractivity contribution < 1.29 is 8.83 Å². The lowest BCUT2D eigenvalue weighted by Crippen LogP contribution is -2.20. The normalized spacial score (nSPS) is 11.5. The van der Waals surface area contributed by atoms with Gasteiger partial charge in [0.15, 0.2) is 10.9 Å². The quantitative estimate of drug-likeness (QED) is 0.260. The van der Waals surface area contributed by atoms with Crippen LogP contribution < -0.4 is 5.56 Å². The van der Waals surface area contributed by atoms with E-state index in [1.807, 2.05) is 36.4 Å². The third-order valence-corrected chi connectivity index (χ3v) is 5.44. The number of benzene rings is 2. The summed E-state index contributed by atoms with van der Waals surface area (Å²) in [6, 6.07) is 15.3. The van der Waals surface area contributed by atoms with Gasteiger partial charge < -0.3 is 8.83 Å². The highest BCUT2D eigenvalue weighted by molar-refractivity contribution is 7.98. The molecule has 0 saturated heterocycles. The van der Waals surface area contributed by atoms with Gasteiger partial charge in [0, 0.05) is 7.05 Å². The second-order valence-corrected chi connectivity index (χ2v) is 7.18. The average Bonchev–Trinajstić information content (AvgIpc) is 3.40. The molecule has 0 bridgehead atoms. The van der Waals surface area contributed by atoms with Gasteiger partial charge in [-0.05, 0) is 35.0 Å². The maximum Gasteiger partial charge on any atom is 0.283 e. The second kappa shape index (κ2) is 6.65. The highest BCUT2D eigenvalue weighted by atomic mass is 32.2. The van der Waals surface area contributed by atoms with Crippen molar-refractivity contribution in [1.82, 2.24) is 19.7 Å². The molecule has 0 atom stereocenters. The van der Waals surface area contributed by atoms with Crippen LogP contribution in [0.5, 0.6) is 0 Å². The molecule has 5 aromatic rings. The zero-order valence-electron chi connectivity index (χ0n) is 14.8. The molecule has 0 N–H and O–H groups in total. The maximum absolute atomic E-state index is 12.8. The van der Waals surface area contributed by atoms with Crippen molar-refractivity contribution in [3.63, 3.8) is 0 Å². The fraction of sp³-hybridized carbons (Fsp3) is 0.100. The van der Waals surface area contributed by atoms with Crippen LogP contribution in [-0.4, -0.2) is 19.7 Å². The van der Waals surface area contributed by atoms with Gasteiger partial charge in [-0.3, -0.25) is 9.36 Å². The molecule has 3 aromatic heterocycles. The zero-order chi connectivity index (χ0) is 19.1. The smallest absolute Gasteiger partial charge is 0.283 e. The van der Waals surface area contributed by atoms with Crippen LogP contribution in [0.3, 0.4) is 0 Å². The fourth-order valence-corrected chi connectivity index (χ4v) is 3.81. The molecule has 2 aromatic carbocycles. The van der Waals surface area contributed by atoms with Gasteiger partial charge >= 0.3 is 0 Å². The van der Waals surface area contributed by atoms with E-state index in [0.717, 1.165) is 10.8 Å². The summed E-state index contributed by atoms with van der Waals surface area (Å²) in [6.45, 7) is 0. The standard InChI is InChI=1S/C20H14N4O3S/c1-24-19(25)14-9-12-5-2-3-6-13(12)10-15(14)21-20(24)28-11-17-22-23-18(27-17)16-7-4-8-26-16/h2-10H,11H2,1H3. The van der Waals surface area contributed by atoms with Crippen LogP contribution in [0.4, 0.5) is 0 Å². The Hall–Kier alpha value is -3.39. The van der Waals surface area contributed by atoms with Crippen LogP contribution >= 0.6 is 11.8 Å². The molecular weight excluding hydrogens is 376 g/mol. The minimum Gasteiger partial charge on any atom is -0.459 e. The lowest BCUT2D eigenvalue weighted by Gasteiger charge is -2.08. The van der Waals surface area contributed by atoms with Crippen LogP contribution in [-0.2, 0) is 12.8 Å². The van der Waals surface area contributed by atoms with Crippen LogP contribution in [0.1, 0.15) is 5.89 Å².